The van der Waals surface area contributed by atoms with E-state index in [2.05, 4.69) is 55.5 Å². The molecule has 4 heteroatoms. The third kappa shape index (κ3) is 35.9. The molecule has 0 aromatic heterocycles. The van der Waals surface area contributed by atoms with Gasteiger partial charge in [0, 0.05) is 12.8 Å². The fourth-order valence-corrected chi connectivity index (χ4v) is 5.16. The zero-order valence-corrected chi connectivity index (χ0v) is 27.3. The van der Waals surface area contributed by atoms with Crippen LogP contribution in [0.25, 0.3) is 0 Å². The van der Waals surface area contributed by atoms with Crippen LogP contribution >= 0.6 is 0 Å². The van der Waals surface area contributed by atoms with E-state index in [0.29, 0.717) is 0 Å². The van der Waals surface area contributed by atoms with E-state index in [1.807, 2.05) is 0 Å². The van der Waals surface area contributed by atoms with Crippen molar-refractivity contribution >= 4 is 11.9 Å². The zero-order chi connectivity index (χ0) is 30.8. The smallest absolute Gasteiger partial charge is 0.303 e. The second-order valence-electron chi connectivity index (χ2n) is 12.1. The van der Waals surface area contributed by atoms with Gasteiger partial charge in [0.05, 0.1) is 0 Å². The molecule has 0 radical (unpaired) electrons. The molecule has 0 saturated heterocycles. The van der Waals surface area contributed by atoms with Crippen molar-refractivity contribution in [2.24, 2.45) is 5.92 Å². The molecule has 242 valence electrons. The Balaban J connectivity index is 3.32. The van der Waals surface area contributed by atoms with E-state index in [1.54, 1.807) is 0 Å². The molecule has 0 heterocycles. The molecule has 4 nitrogen and oxygen atoms in total. The summed E-state index contributed by atoms with van der Waals surface area (Å²) in [5.41, 5.74) is 0. The molecule has 0 aromatic rings. The van der Waals surface area contributed by atoms with Crippen LogP contribution in [0.3, 0.4) is 0 Å². The molecule has 0 bridgehead atoms. The average molecular weight is 587 g/mol. The first kappa shape index (κ1) is 39.9. The number of hydrogen-bond donors (Lipinski definition) is 2. The molecule has 0 aromatic carbocycles. The Kier molecular flexibility index (Phi) is 31.7. The van der Waals surface area contributed by atoms with Crippen molar-refractivity contribution in [2.75, 3.05) is 0 Å². The summed E-state index contributed by atoms with van der Waals surface area (Å²) in [5, 5.41) is 17.2. The lowest BCUT2D eigenvalue weighted by molar-refractivity contribution is -0.138. The highest BCUT2D eigenvalue weighted by Gasteiger charge is 2.02. The molecule has 0 amide bonds. The quantitative estimate of drug-likeness (QED) is 0.0607. The minimum absolute atomic E-state index is 0.289. The highest BCUT2D eigenvalue weighted by molar-refractivity contribution is 5.66. The maximum atomic E-state index is 10.5. The number of carboxylic acid groups (broad SMARTS) is 2. The van der Waals surface area contributed by atoms with Gasteiger partial charge in [-0.1, -0.05) is 133 Å². The van der Waals surface area contributed by atoms with Gasteiger partial charge in [-0.05, 0) is 83.0 Å². The predicted molar refractivity (Wildman–Crippen MR) is 181 cm³/mol. The van der Waals surface area contributed by atoms with Crippen LogP contribution in [0.2, 0.25) is 0 Å². The van der Waals surface area contributed by atoms with Crippen molar-refractivity contribution in [3.8, 4) is 0 Å². The molecule has 0 aliphatic carbocycles. The molecular weight excluding hydrogens is 520 g/mol. The first-order valence-electron chi connectivity index (χ1n) is 17.6. The summed E-state index contributed by atoms with van der Waals surface area (Å²) in [6.07, 6.45) is 47.6. The third-order valence-electron chi connectivity index (χ3n) is 7.87. The average Bonchev–Trinajstić information content (AvgIpc) is 2.96. The van der Waals surface area contributed by atoms with E-state index in [-0.39, 0.29) is 12.8 Å². The lowest BCUT2D eigenvalue weighted by Gasteiger charge is -2.11. The zero-order valence-electron chi connectivity index (χ0n) is 27.3. The van der Waals surface area contributed by atoms with Gasteiger partial charge in [-0.2, -0.15) is 0 Å². The van der Waals surface area contributed by atoms with Gasteiger partial charge < -0.3 is 10.2 Å². The molecule has 0 aliphatic heterocycles. The number of aliphatic carboxylic acids is 2. The SMILES string of the molecule is CC(CCCCCCCC/C=C\C/C=C\CCCCC(=O)O)CCCCCCCC/C=C\C/C=C\CCCCC(=O)O. The fourth-order valence-electron chi connectivity index (χ4n) is 5.16. The summed E-state index contributed by atoms with van der Waals surface area (Å²) in [6.45, 7) is 2.45. The summed E-state index contributed by atoms with van der Waals surface area (Å²) in [5.74, 6) is -0.496. The van der Waals surface area contributed by atoms with Gasteiger partial charge in [0.2, 0.25) is 0 Å². The first-order chi connectivity index (χ1) is 20.5. The van der Waals surface area contributed by atoms with Crippen molar-refractivity contribution in [3.05, 3.63) is 48.6 Å². The van der Waals surface area contributed by atoms with E-state index in [0.717, 1.165) is 57.3 Å². The molecule has 0 saturated carbocycles. The molecule has 0 aliphatic rings. The predicted octanol–water partition coefficient (Wildman–Crippen LogP) is 12.2. The van der Waals surface area contributed by atoms with Crippen molar-refractivity contribution in [1.29, 1.82) is 0 Å². The van der Waals surface area contributed by atoms with Gasteiger partial charge in [-0.25, -0.2) is 0 Å². The Hall–Kier alpha value is -2.10. The maximum Gasteiger partial charge on any atom is 0.303 e. The van der Waals surface area contributed by atoms with Crippen LogP contribution in [0.5, 0.6) is 0 Å². The van der Waals surface area contributed by atoms with Crippen LogP contribution < -0.4 is 0 Å². The Morgan fingerprint density at radius 3 is 1.05 bits per heavy atom. The molecular formula is C38H66O4. The first-order valence-corrected chi connectivity index (χ1v) is 17.6. The van der Waals surface area contributed by atoms with E-state index in [4.69, 9.17) is 10.2 Å². The van der Waals surface area contributed by atoms with Crippen LogP contribution in [0.4, 0.5) is 0 Å². The second kappa shape index (κ2) is 33.4. The minimum atomic E-state index is -0.692. The summed E-state index contributed by atoms with van der Waals surface area (Å²) in [7, 11) is 0. The highest BCUT2D eigenvalue weighted by atomic mass is 16.4. The molecule has 42 heavy (non-hydrogen) atoms. The lowest BCUT2D eigenvalue weighted by atomic mass is 9.96. The second-order valence-corrected chi connectivity index (χ2v) is 12.1. The number of carboxylic acids is 2. The standard InChI is InChI=1S/C38H66O4/c1-36(32-28-24-20-16-12-8-4-2-6-10-14-18-22-26-30-34-37(39)40)33-29-25-21-17-13-9-5-3-7-11-15-19-23-27-31-35-38(41)42/h2-3,6-7,14-15,18-19,36H,4-5,8-13,16-17,20-35H2,1H3,(H,39,40)(H,41,42)/b6-2-,7-3-,18-14-,19-15-. The molecule has 0 rings (SSSR count). The Bertz CT molecular complexity index is 659. The monoisotopic (exact) mass is 586 g/mol. The summed E-state index contributed by atoms with van der Waals surface area (Å²) in [4.78, 5) is 20.9. The fraction of sp³-hybridized carbons (Fsp3) is 0.737. The summed E-state index contributed by atoms with van der Waals surface area (Å²) in [6, 6.07) is 0. The van der Waals surface area contributed by atoms with E-state index in [9.17, 15) is 9.59 Å². The normalized spacial score (nSPS) is 12.2. The third-order valence-corrected chi connectivity index (χ3v) is 7.87. The number of carbonyl (C=O) groups is 2. The van der Waals surface area contributed by atoms with Crippen molar-refractivity contribution in [2.45, 2.75) is 174 Å². The lowest BCUT2D eigenvalue weighted by Crippen LogP contribution is -1.95. The number of allylic oxidation sites excluding steroid dienone is 8. The number of unbranched alkanes of at least 4 members (excludes halogenated alkanes) is 16. The van der Waals surface area contributed by atoms with Gasteiger partial charge in [-0.3, -0.25) is 9.59 Å². The van der Waals surface area contributed by atoms with Gasteiger partial charge in [0.25, 0.3) is 0 Å². The molecule has 0 spiro atoms. The van der Waals surface area contributed by atoms with Gasteiger partial charge in [-0.15, -0.1) is 0 Å². The van der Waals surface area contributed by atoms with Crippen LogP contribution in [0.1, 0.15) is 174 Å². The Morgan fingerprint density at radius 2 is 0.714 bits per heavy atom. The molecule has 2 N–H and O–H groups in total. The highest BCUT2D eigenvalue weighted by Crippen LogP contribution is 2.19. The summed E-state index contributed by atoms with van der Waals surface area (Å²) < 4.78 is 0. The molecule has 0 atom stereocenters. The maximum absolute atomic E-state index is 10.5. The van der Waals surface area contributed by atoms with Gasteiger partial charge in [0.1, 0.15) is 0 Å². The van der Waals surface area contributed by atoms with E-state index < -0.39 is 11.9 Å². The van der Waals surface area contributed by atoms with Crippen molar-refractivity contribution in [1.82, 2.24) is 0 Å². The van der Waals surface area contributed by atoms with Gasteiger partial charge >= 0.3 is 11.9 Å². The van der Waals surface area contributed by atoms with Gasteiger partial charge in [0.15, 0.2) is 0 Å². The van der Waals surface area contributed by atoms with Crippen LogP contribution in [0.15, 0.2) is 48.6 Å². The van der Waals surface area contributed by atoms with Crippen LogP contribution in [-0.4, -0.2) is 22.2 Å². The summed E-state index contributed by atoms with van der Waals surface area (Å²) >= 11 is 0. The largest absolute Gasteiger partial charge is 0.481 e. The Morgan fingerprint density at radius 1 is 0.429 bits per heavy atom. The van der Waals surface area contributed by atoms with Crippen LogP contribution in [0, 0.1) is 5.92 Å². The number of rotatable bonds is 32. The molecule has 0 fully saturated rings. The molecule has 0 unspecified atom stereocenters. The van der Waals surface area contributed by atoms with E-state index >= 15 is 0 Å². The number of hydrogen-bond acceptors (Lipinski definition) is 2. The topological polar surface area (TPSA) is 74.6 Å². The Labute approximate surface area is 259 Å². The van der Waals surface area contributed by atoms with Crippen molar-refractivity contribution in [3.63, 3.8) is 0 Å². The van der Waals surface area contributed by atoms with E-state index in [1.165, 1.54) is 103 Å². The van der Waals surface area contributed by atoms with Crippen molar-refractivity contribution < 1.29 is 19.8 Å². The van der Waals surface area contributed by atoms with Crippen LogP contribution in [-0.2, 0) is 9.59 Å². The minimum Gasteiger partial charge on any atom is -0.481 e.